The van der Waals surface area contributed by atoms with Gasteiger partial charge in [-0.05, 0) is 24.7 Å². The van der Waals surface area contributed by atoms with Crippen LogP contribution in [-0.2, 0) is 0 Å². The maximum absolute atomic E-state index is 3.69. The maximum Gasteiger partial charge on any atom is -0.0316 e. The lowest BCUT2D eigenvalue weighted by molar-refractivity contribution is 0.352. The Morgan fingerprint density at radius 2 is 1.65 bits per heavy atom. The minimum Gasteiger partial charge on any atom is -0.0991 e. The van der Waals surface area contributed by atoms with Gasteiger partial charge in [-0.15, -0.1) is 0 Å². The van der Waals surface area contributed by atoms with E-state index >= 15 is 0 Å². The van der Waals surface area contributed by atoms with Crippen molar-refractivity contribution in [3.63, 3.8) is 0 Å². The van der Waals surface area contributed by atoms with Crippen LogP contribution in [0.3, 0.4) is 0 Å². The summed E-state index contributed by atoms with van der Waals surface area (Å²) in [5, 5.41) is 0. The second kappa shape index (κ2) is 12.0. The molecule has 0 amide bonds. The van der Waals surface area contributed by atoms with Gasteiger partial charge in [-0.2, -0.15) is 0 Å². The second-order valence-electron chi connectivity index (χ2n) is 6.29. The first-order valence-electron chi connectivity index (χ1n) is 8.82. The van der Waals surface area contributed by atoms with E-state index in [1.54, 1.807) is 0 Å². The van der Waals surface area contributed by atoms with E-state index in [9.17, 15) is 0 Å². The van der Waals surface area contributed by atoms with Crippen LogP contribution in [-0.4, -0.2) is 0 Å². The summed E-state index contributed by atoms with van der Waals surface area (Å²) in [6.07, 6.45) is 26.2. The predicted molar refractivity (Wildman–Crippen MR) is 91.9 cm³/mol. The number of rotatable bonds is 11. The summed E-state index contributed by atoms with van der Waals surface area (Å²) in [6, 6.07) is 0. The summed E-state index contributed by atoms with van der Waals surface area (Å²) in [5.74, 6) is 1.97. The van der Waals surface area contributed by atoms with E-state index in [0.29, 0.717) is 0 Å². The zero-order valence-electron chi connectivity index (χ0n) is 13.5. The highest BCUT2D eigenvalue weighted by Crippen LogP contribution is 2.37. The molecule has 1 saturated carbocycles. The zero-order chi connectivity index (χ0) is 14.5. The average molecular weight is 274 g/mol. The molecule has 1 rings (SSSR count). The van der Waals surface area contributed by atoms with Gasteiger partial charge in [0.05, 0.1) is 0 Å². The molecule has 2 atom stereocenters. The van der Waals surface area contributed by atoms with Crippen molar-refractivity contribution in [2.45, 2.75) is 77.6 Å². The molecule has 114 valence electrons. The van der Waals surface area contributed by atoms with Crippen LogP contribution in [0.1, 0.15) is 77.6 Å². The third-order valence-corrected chi connectivity index (χ3v) is 4.68. The molecule has 0 unspecified atom stereocenters. The van der Waals surface area contributed by atoms with E-state index in [1.165, 1.54) is 70.6 Å². The van der Waals surface area contributed by atoms with Crippen LogP contribution in [0, 0.1) is 11.8 Å². The predicted octanol–water partition coefficient (Wildman–Crippen LogP) is 6.84. The van der Waals surface area contributed by atoms with Crippen molar-refractivity contribution in [1.29, 1.82) is 0 Å². The normalized spacial score (nSPS) is 23.1. The highest BCUT2D eigenvalue weighted by Gasteiger charge is 2.25. The molecule has 0 heteroatoms. The fourth-order valence-corrected chi connectivity index (χ4v) is 3.47. The van der Waals surface area contributed by atoms with Crippen molar-refractivity contribution in [2.24, 2.45) is 11.8 Å². The lowest BCUT2D eigenvalue weighted by atomic mass is 9.88. The van der Waals surface area contributed by atoms with Crippen LogP contribution in [0.5, 0.6) is 0 Å². The molecule has 0 aliphatic heterocycles. The Kier molecular flexibility index (Phi) is 10.4. The Morgan fingerprint density at radius 1 is 0.900 bits per heavy atom. The molecule has 0 bridgehead atoms. The summed E-state index contributed by atoms with van der Waals surface area (Å²) in [4.78, 5) is 0. The average Bonchev–Trinajstić information content (AvgIpc) is 2.90. The Labute approximate surface area is 127 Å². The largest absolute Gasteiger partial charge is 0.0991 e. The van der Waals surface area contributed by atoms with Gasteiger partial charge in [0.25, 0.3) is 0 Å². The lowest BCUT2D eigenvalue weighted by Crippen LogP contribution is -2.06. The molecule has 0 N–H and O–H groups in total. The van der Waals surface area contributed by atoms with Gasteiger partial charge in [0.15, 0.2) is 0 Å². The van der Waals surface area contributed by atoms with Crippen LogP contribution >= 0.6 is 0 Å². The van der Waals surface area contributed by atoms with Crippen molar-refractivity contribution in [3.05, 3.63) is 37.0 Å². The quantitative estimate of drug-likeness (QED) is 0.286. The fraction of sp³-hybridized carbons (Fsp3) is 0.700. The van der Waals surface area contributed by atoms with E-state index in [-0.39, 0.29) is 0 Å². The van der Waals surface area contributed by atoms with Gasteiger partial charge in [0.1, 0.15) is 0 Å². The van der Waals surface area contributed by atoms with Crippen LogP contribution in [0.4, 0.5) is 0 Å². The minimum absolute atomic E-state index is 0.957. The number of allylic oxidation sites excluding steroid dienone is 5. The molecular formula is C20H34. The molecule has 20 heavy (non-hydrogen) atoms. The van der Waals surface area contributed by atoms with Gasteiger partial charge in [-0.25, -0.2) is 0 Å². The van der Waals surface area contributed by atoms with E-state index in [2.05, 4.69) is 31.7 Å². The summed E-state index contributed by atoms with van der Waals surface area (Å²) >= 11 is 0. The van der Waals surface area contributed by atoms with Gasteiger partial charge in [-0.3, -0.25) is 0 Å². The first-order chi connectivity index (χ1) is 9.88. The third kappa shape index (κ3) is 7.72. The zero-order valence-corrected chi connectivity index (χ0v) is 13.5. The van der Waals surface area contributed by atoms with Gasteiger partial charge in [-0.1, -0.05) is 102 Å². The van der Waals surface area contributed by atoms with E-state index in [1.807, 2.05) is 12.2 Å². The molecule has 0 heterocycles. The molecule has 0 nitrogen and oxygen atoms in total. The molecule has 0 aromatic rings. The number of hydrogen-bond acceptors (Lipinski definition) is 0. The molecule has 0 aromatic carbocycles. The summed E-state index contributed by atoms with van der Waals surface area (Å²) in [7, 11) is 0. The highest BCUT2D eigenvalue weighted by molar-refractivity contribution is 5.09. The van der Waals surface area contributed by atoms with Gasteiger partial charge >= 0.3 is 0 Å². The van der Waals surface area contributed by atoms with Gasteiger partial charge < -0.3 is 0 Å². The van der Waals surface area contributed by atoms with Crippen LogP contribution in [0.2, 0.25) is 0 Å². The standard InChI is InChI=1S/C20H34/c1-3-5-7-9-11-13-16-20-18-14-17-19(20)15-12-10-8-6-4-2/h4,6,8,10,12,19-20H,2-3,5,7,9,11,13-18H2,1H3/b8-6+,12-10?/t19-,20-/m0/s1. The fourth-order valence-electron chi connectivity index (χ4n) is 3.47. The topological polar surface area (TPSA) is 0 Å². The van der Waals surface area contributed by atoms with Crippen molar-refractivity contribution in [2.75, 3.05) is 0 Å². The Morgan fingerprint density at radius 3 is 2.45 bits per heavy atom. The molecule has 0 radical (unpaired) electrons. The Balaban J connectivity index is 2.12. The molecule has 1 aliphatic carbocycles. The van der Waals surface area contributed by atoms with Crippen molar-refractivity contribution < 1.29 is 0 Å². The van der Waals surface area contributed by atoms with Gasteiger partial charge in [0, 0.05) is 0 Å². The summed E-state index contributed by atoms with van der Waals surface area (Å²) < 4.78 is 0. The second-order valence-corrected chi connectivity index (χ2v) is 6.29. The van der Waals surface area contributed by atoms with Crippen LogP contribution in [0.15, 0.2) is 37.0 Å². The molecule has 0 saturated heterocycles. The smallest absolute Gasteiger partial charge is 0.0316 e. The Hall–Kier alpha value is -0.780. The first kappa shape index (κ1) is 17.3. The van der Waals surface area contributed by atoms with E-state index < -0.39 is 0 Å². The lowest BCUT2D eigenvalue weighted by Gasteiger charge is -2.17. The molecular weight excluding hydrogens is 240 g/mol. The van der Waals surface area contributed by atoms with Crippen molar-refractivity contribution >= 4 is 0 Å². The molecule has 1 aliphatic rings. The molecule has 0 aromatic heterocycles. The third-order valence-electron chi connectivity index (χ3n) is 4.68. The van der Waals surface area contributed by atoms with Crippen molar-refractivity contribution in [3.8, 4) is 0 Å². The van der Waals surface area contributed by atoms with Crippen molar-refractivity contribution in [1.82, 2.24) is 0 Å². The number of unbranched alkanes of at least 4 members (excludes halogenated alkanes) is 5. The molecule has 0 spiro atoms. The van der Waals surface area contributed by atoms with E-state index in [0.717, 1.165) is 11.8 Å². The van der Waals surface area contributed by atoms with Crippen LogP contribution < -0.4 is 0 Å². The monoisotopic (exact) mass is 274 g/mol. The summed E-state index contributed by atoms with van der Waals surface area (Å²) in [6.45, 7) is 5.98. The van der Waals surface area contributed by atoms with Crippen LogP contribution in [0.25, 0.3) is 0 Å². The summed E-state index contributed by atoms with van der Waals surface area (Å²) in [5.41, 5.74) is 0. The first-order valence-corrected chi connectivity index (χ1v) is 8.82. The maximum atomic E-state index is 3.69. The Bertz CT molecular complexity index is 284. The minimum atomic E-state index is 0.957. The SMILES string of the molecule is C=C/C=C/C=CC[C@H]1CCC[C@@H]1CCCCCCCC. The van der Waals surface area contributed by atoms with E-state index in [4.69, 9.17) is 0 Å². The number of hydrogen-bond donors (Lipinski definition) is 0. The highest BCUT2D eigenvalue weighted by atomic mass is 14.3. The van der Waals surface area contributed by atoms with Gasteiger partial charge in [0.2, 0.25) is 0 Å². The molecule has 1 fully saturated rings.